The minimum Gasteiger partial charge on any atom is -0.500 e. The quantitative estimate of drug-likeness (QED) is 0.672. The predicted octanol–water partition coefficient (Wildman–Crippen LogP) is 1.79. The van der Waals surface area contributed by atoms with Crippen LogP contribution in [0.25, 0.3) is 0 Å². The molecule has 2 unspecified atom stereocenters. The number of carboxylic acids is 1. The molecule has 1 heterocycles. The van der Waals surface area contributed by atoms with Gasteiger partial charge in [0.05, 0.1) is 18.4 Å². The van der Waals surface area contributed by atoms with Crippen LogP contribution in [0.1, 0.15) is 25.7 Å². The number of fused-ring (bicyclic) bond motifs is 1. The zero-order valence-electron chi connectivity index (χ0n) is 7.53. The van der Waals surface area contributed by atoms with Crippen LogP contribution in [0.4, 0.5) is 0 Å². The van der Waals surface area contributed by atoms with E-state index < -0.39 is 5.97 Å². The van der Waals surface area contributed by atoms with Crippen molar-refractivity contribution in [2.75, 3.05) is 6.61 Å². The van der Waals surface area contributed by atoms with Crippen molar-refractivity contribution in [3.63, 3.8) is 0 Å². The Kier molecular flexibility index (Phi) is 2.25. The average Bonchev–Trinajstić information content (AvgIpc) is 2.17. The highest BCUT2D eigenvalue weighted by Crippen LogP contribution is 2.37. The third-order valence-electron chi connectivity index (χ3n) is 3.08. The van der Waals surface area contributed by atoms with E-state index >= 15 is 0 Å². The zero-order valence-corrected chi connectivity index (χ0v) is 7.53. The molecule has 1 fully saturated rings. The molecule has 0 spiro atoms. The van der Waals surface area contributed by atoms with Gasteiger partial charge in [0.25, 0.3) is 0 Å². The highest BCUT2D eigenvalue weighted by Gasteiger charge is 2.34. The SMILES string of the molecule is O=C(O)C1=COCC2CCCCC12. The number of hydrogen-bond acceptors (Lipinski definition) is 2. The second-order valence-corrected chi connectivity index (χ2v) is 3.86. The number of rotatable bonds is 1. The first-order valence-electron chi connectivity index (χ1n) is 4.84. The summed E-state index contributed by atoms with van der Waals surface area (Å²) in [4.78, 5) is 10.9. The van der Waals surface area contributed by atoms with Crippen LogP contribution in [0.3, 0.4) is 0 Å². The van der Waals surface area contributed by atoms with Gasteiger partial charge in [0.15, 0.2) is 0 Å². The first kappa shape index (κ1) is 8.60. The molecule has 1 aliphatic carbocycles. The number of hydrogen-bond donors (Lipinski definition) is 1. The molecule has 0 aromatic heterocycles. The van der Waals surface area contributed by atoms with Crippen LogP contribution >= 0.6 is 0 Å². The summed E-state index contributed by atoms with van der Waals surface area (Å²) in [6.07, 6.45) is 5.96. The number of ether oxygens (including phenoxy) is 1. The van der Waals surface area contributed by atoms with E-state index in [1.807, 2.05) is 0 Å². The van der Waals surface area contributed by atoms with Gasteiger partial charge in [-0.1, -0.05) is 12.8 Å². The fraction of sp³-hybridized carbons (Fsp3) is 0.700. The Hall–Kier alpha value is -0.990. The monoisotopic (exact) mass is 182 g/mol. The second-order valence-electron chi connectivity index (χ2n) is 3.86. The lowest BCUT2D eigenvalue weighted by molar-refractivity contribution is -0.134. The topological polar surface area (TPSA) is 46.5 Å². The largest absolute Gasteiger partial charge is 0.500 e. The Bertz CT molecular complexity index is 245. The van der Waals surface area contributed by atoms with Crippen LogP contribution in [0, 0.1) is 11.8 Å². The minimum absolute atomic E-state index is 0.250. The molecule has 2 rings (SSSR count). The van der Waals surface area contributed by atoms with Gasteiger partial charge in [-0.3, -0.25) is 0 Å². The van der Waals surface area contributed by atoms with Gasteiger partial charge in [0, 0.05) is 11.8 Å². The Labute approximate surface area is 77.4 Å². The van der Waals surface area contributed by atoms with Crippen LogP contribution in [0.15, 0.2) is 11.8 Å². The van der Waals surface area contributed by atoms with Crippen molar-refractivity contribution in [3.8, 4) is 0 Å². The molecule has 0 bridgehead atoms. The van der Waals surface area contributed by atoms with Gasteiger partial charge in [-0.25, -0.2) is 4.79 Å². The van der Waals surface area contributed by atoms with Gasteiger partial charge in [-0.2, -0.15) is 0 Å². The Balaban J connectivity index is 2.17. The summed E-state index contributed by atoms with van der Waals surface area (Å²) in [5.74, 6) is -0.110. The maximum absolute atomic E-state index is 10.9. The summed E-state index contributed by atoms with van der Waals surface area (Å²) in [6.45, 7) is 0.710. The van der Waals surface area contributed by atoms with Crippen molar-refractivity contribution in [2.45, 2.75) is 25.7 Å². The lowest BCUT2D eigenvalue weighted by Crippen LogP contribution is -2.31. The Morgan fingerprint density at radius 1 is 1.46 bits per heavy atom. The first-order valence-corrected chi connectivity index (χ1v) is 4.84. The molecule has 0 amide bonds. The average molecular weight is 182 g/mol. The molecule has 1 aliphatic heterocycles. The maximum atomic E-state index is 10.9. The van der Waals surface area contributed by atoms with Crippen molar-refractivity contribution < 1.29 is 14.6 Å². The van der Waals surface area contributed by atoms with Crippen molar-refractivity contribution in [2.24, 2.45) is 11.8 Å². The van der Waals surface area contributed by atoms with Crippen LogP contribution in [-0.2, 0) is 9.53 Å². The standard InChI is InChI=1S/C10H14O3/c11-10(12)9-6-13-5-7-3-1-2-4-8(7)9/h6-8H,1-5H2,(H,11,12). The van der Waals surface area contributed by atoms with Gasteiger partial charge >= 0.3 is 5.97 Å². The molecule has 13 heavy (non-hydrogen) atoms. The molecule has 0 radical (unpaired) electrons. The molecule has 0 saturated heterocycles. The molecule has 1 saturated carbocycles. The van der Waals surface area contributed by atoms with Crippen LogP contribution < -0.4 is 0 Å². The van der Waals surface area contributed by atoms with E-state index in [1.54, 1.807) is 0 Å². The smallest absolute Gasteiger partial charge is 0.334 e. The molecule has 0 aromatic carbocycles. The zero-order chi connectivity index (χ0) is 9.26. The lowest BCUT2D eigenvalue weighted by Gasteiger charge is -2.34. The van der Waals surface area contributed by atoms with Gasteiger partial charge < -0.3 is 9.84 Å². The van der Waals surface area contributed by atoms with Gasteiger partial charge in [0.1, 0.15) is 0 Å². The van der Waals surface area contributed by atoms with Gasteiger partial charge in [0.2, 0.25) is 0 Å². The summed E-state index contributed by atoms with van der Waals surface area (Å²) >= 11 is 0. The molecule has 2 atom stereocenters. The number of carboxylic acid groups (broad SMARTS) is 1. The lowest BCUT2D eigenvalue weighted by atomic mass is 9.75. The van der Waals surface area contributed by atoms with Crippen LogP contribution in [0.5, 0.6) is 0 Å². The van der Waals surface area contributed by atoms with Crippen molar-refractivity contribution >= 4 is 5.97 Å². The highest BCUT2D eigenvalue weighted by molar-refractivity contribution is 5.87. The van der Waals surface area contributed by atoms with E-state index in [2.05, 4.69) is 0 Å². The summed E-state index contributed by atoms with van der Waals surface area (Å²) in [6, 6.07) is 0. The summed E-state index contributed by atoms with van der Waals surface area (Å²) < 4.78 is 5.17. The normalized spacial score (nSPS) is 32.8. The summed E-state index contributed by atoms with van der Waals surface area (Å²) in [5.41, 5.74) is 0.482. The summed E-state index contributed by atoms with van der Waals surface area (Å²) in [7, 11) is 0. The Morgan fingerprint density at radius 2 is 2.23 bits per heavy atom. The molecule has 1 N–H and O–H groups in total. The van der Waals surface area contributed by atoms with Crippen molar-refractivity contribution in [1.29, 1.82) is 0 Å². The van der Waals surface area contributed by atoms with E-state index in [0.29, 0.717) is 18.1 Å². The van der Waals surface area contributed by atoms with E-state index in [4.69, 9.17) is 9.84 Å². The van der Waals surface area contributed by atoms with Crippen LogP contribution in [-0.4, -0.2) is 17.7 Å². The van der Waals surface area contributed by atoms with E-state index in [1.165, 1.54) is 12.7 Å². The fourth-order valence-electron chi connectivity index (χ4n) is 2.37. The van der Waals surface area contributed by atoms with E-state index in [9.17, 15) is 4.79 Å². The summed E-state index contributed by atoms with van der Waals surface area (Å²) in [5, 5.41) is 8.93. The first-order chi connectivity index (χ1) is 6.29. The predicted molar refractivity (Wildman–Crippen MR) is 47.1 cm³/mol. The van der Waals surface area contributed by atoms with E-state index in [0.717, 1.165) is 19.3 Å². The van der Waals surface area contributed by atoms with Crippen molar-refractivity contribution in [3.05, 3.63) is 11.8 Å². The molecule has 2 aliphatic rings. The molecular formula is C10H14O3. The van der Waals surface area contributed by atoms with Crippen LogP contribution in [0.2, 0.25) is 0 Å². The van der Waals surface area contributed by atoms with Gasteiger partial charge in [-0.15, -0.1) is 0 Å². The number of carbonyl (C=O) groups is 1. The fourth-order valence-corrected chi connectivity index (χ4v) is 2.37. The highest BCUT2D eigenvalue weighted by atomic mass is 16.5. The molecular weight excluding hydrogens is 168 g/mol. The molecule has 3 nitrogen and oxygen atoms in total. The van der Waals surface area contributed by atoms with Crippen molar-refractivity contribution in [1.82, 2.24) is 0 Å². The number of aliphatic carboxylic acids is 1. The molecule has 3 heteroatoms. The van der Waals surface area contributed by atoms with E-state index in [-0.39, 0.29) is 5.92 Å². The second kappa shape index (κ2) is 3.40. The Morgan fingerprint density at radius 3 is 3.00 bits per heavy atom. The minimum atomic E-state index is -0.809. The third kappa shape index (κ3) is 1.55. The maximum Gasteiger partial charge on any atom is 0.334 e. The molecule has 72 valence electrons. The third-order valence-corrected chi connectivity index (χ3v) is 3.08. The van der Waals surface area contributed by atoms with Gasteiger partial charge in [-0.05, 0) is 12.8 Å². The molecule has 0 aromatic rings.